The standard InChI is InChI=1S/C19H25F5NO5P/c1-5-25(6-2)12-9-10-13-14(11-12)30-17(18(20,21)19(22,23)24)16(15(13)26)31(27,28-7-3)29-8-4/h9-11,15,26H,5-8H2,1-4H3. The third-order valence-electron chi connectivity index (χ3n) is 4.66. The molecule has 0 bridgehead atoms. The zero-order valence-corrected chi connectivity index (χ0v) is 18.4. The predicted molar refractivity (Wildman–Crippen MR) is 104 cm³/mol. The van der Waals surface area contributed by atoms with Crippen LogP contribution in [0.15, 0.2) is 29.3 Å². The van der Waals surface area contributed by atoms with Gasteiger partial charge in [0.2, 0.25) is 0 Å². The maximum atomic E-state index is 14.5. The van der Waals surface area contributed by atoms with Gasteiger partial charge >= 0.3 is 19.7 Å². The van der Waals surface area contributed by atoms with Gasteiger partial charge in [0.25, 0.3) is 0 Å². The number of alkyl halides is 5. The first kappa shape index (κ1) is 25.6. The van der Waals surface area contributed by atoms with Gasteiger partial charge in [0.05, 0.1) is 13.2 Å². The monoisotopic (exact) mass is 473 g/mol. The van der Waals surface area contributed by atoms with Gasteiger partial charge in [-0.1, -0.05) is 6.07 Å². The number of aliphatic hydroxyl groups excluding tert-OH is 1. The number of aliphatic hydroxyl groups is 1. The van der Waals surface area contributed by atoms with Crippen molar-refractivity contribution in [3.8, 4) is 5.75 Å². The van der Waals surface area contributed by atoms with E-state index in [-0.39, 0.29) is 18.8 Å². The average Bonchev–Trinajstić information content (AvgIpc) is 2.68. The summed E-state index contributed by atoms with van der Waals surface area (Å²) in [7, 11) is -4.76. The molecule has 0 aliphatic carbocycles. The van der Waals surface area contributed by atoms with Gasteiger partial charge in [0.15, 0.2) is 5.76 Å². The molecular weight excluding hydrogens is 448 g/mol. The van der Waals surface area contributed by atoms with Crippen LogP contribution in [0.3, 0.4) is 0 Å². The molecule has 0 spiro atoms. The summed E-state index contributed by atoms with van der Waals surface area (Å²) in [6.45, 7) is 6.80. The lowest BCUT2D eigenvalue weighted by Crippen LogP contribution is -2.42. The van der Waals surface area contributed by atoms with Gasteiger partial charge in [-0.15, -0.1) is 0 Å². The Morgan fingerprint density at radius 3 is 2.06 bits per heavy atom. The van der Waals surface area contributed by atoms with E-state index in [1.807, 2.05) is 18.7 Å². The van der Waals surface area contributed by atoms with Crippen LogP contribution in [0.1, 0.15) is 39.4 Å². The van der Waals surface area contributed by atoms with Crippen LogP contribution in [0.4, 0.5) is 27.6 Å². The fourth-order valence-electron chi connectivity index (χ4n) is 3.20. The molecule has 1 atom stereocenters. The number of benzene rings is 1. The summed E-state index contributed by atoms with van der Waals surface area (Å²) in [5.74, 6) is -7.96. The molecule has 0 fully saturated rings. The number of nitrogens with zero attached hydrogens (tertiary/aromatic N) is 1. The first-order valence-electron chi connectivity index (χ1n) is 9.71. The van der Waals surface area contributed by atoms with E-state index in [4.69, 9.17) is 13.8 Å². The van der Waals surface area contributed by atoms with E-state index in [9.17, 15) is 31.6 Å². The molecule has 1 unspecified atom stereocenters. The number of ether oxygens (including phenoxy) is 1. The van der Waals surface area contributed by atoms with E-state index in [0.29, 0.717) is 18.8 Å². The molecule has 2 rings (SSSR count). The lowest BCUT2D eigenvalue weighted by atomic mass is 10.0. The van der Waals surface area contributed by atoms with Gasteiger partial charge in [-0.25, -0.2) is 0 Å². The minimum atomic E-state index is -6.08. The Hall–Kier alpha value is -1.68. The lowest BCUT2D eigenvalue weighted by molar-refractivity contribution is -0.273. The molecule has 12 heteroatoms. The second kappa shape index (κ2) is 9.44. The fraction of sp³-hybridized carbons (Fsp3) is 0.579. The average molecular weight is 473 g/mol. The van der Waals surface area contributed by atoms with Crippen molar-refractivity contribution in [1.82, 2.24) is 0 Å². The predicted octanol–water partition coefficient (Wildman–Crippen LogP) is 5.63. The molecule has 1 aromatic rings. The van der Waals surface area contributed by atoms with Crippen LogP contribution in [0.25, 0.3) is 0 Å². The molecule has 0 saturated heterocycles. The van der Waals surface area contributed by atoms with Crippen LogP contribution >= 0.6 is 7.60 Å². The normalized spacial score (nSPS) is 17.4. The number of rotatable bonds is 9. The van der Waals surface area contributed by atoms with Crippen molar-refractivity contribution in [2.24, 2.45) is 0 Å². The quantitative estimate of drug-likeness (QED) is 0.370. The second-order valence-electron chi connectivity index (χ2n) is 6.52. The summed E-state index contributed by atoms with van der Waals surface area (Å²) in [5, 5.41) is 9.51. The number of halogens is 5. The van der Waals surface area contributed by atoms with Crippen molar-refractivity contribution in [3.05, 3.63) is 34.8 Å². The molecule has 31 heavy (non-hydrogen) atoms. The minimum Gasteiger partial charge on any atom is -0.454 e. The van der Waals surface area contributed by atoms with Gasteiger partial charge in [0.1, 0.15) is 17.2 Å². The highest BCUT2D eigenvalue weighted by atomic mass is 31.2. The van der Waals surface area contributed by atoms with E-state index in [1.54, 1.807) is 6.07 Å². The van der Waals surface area contributed by atoms with E-state index in [2.05, 4.69) is 0 Å². The van der Waals surface area contributed by atoms with Gasteiger partial charge < -0.3 is 23.8 Å². The molecule has 1 aliphatic heterocycles. The highest BCUT2D eigenvalue weighted by Gasteiger charge is 2.65. The molecule has 0 aromatic heterocycles. The van der Waals surface area contributed by atoms with Gasteiger partial charge in [0, 0.05) is 30.4 Å². The first-order chi connectivity index (χ1) is 14.4. The summed E-state index contributed by atoms with van der Waals surface area (Å²) in [6, 6.07) is 4.12. The number of fused-ring (bicyclic) bond motifs is 1. The molecule has 1 aliphatic rings. The van der Waals surface area contributed by atoms with Crippen molar-refractivity contribution < 1.29 is 45.4 Å². The topological polar surface area (TPSA) is 68.2 Å². The highest BCUT2D eigenvalue weighted by molar-refractivity contribution is 7.58. The van der Waals surface area contributed by atoms with Crippen molar-refractivity contribution in [1.29, 1.82) is 0 Å². The molecule has 1 aromatic carbocycles. The van der Waals surface area contributed by atoms with E-state index in [0.717, 1.165) is 0 Å². The molecule has 176 valence electrons. The van der Waals surface area contributed by atoms with E-state index >= 15 is 0 Å². The Labute approximate surface area is 177 Å². The smallest absolute Gasteiger partial charge is 0.454 e. The maximum Gasteiger partial charge on any atom is 0.461 e. The van der Waals surface area contributed by atoms with Crippen LogP contribution < -0.4 is 9.64 Å². The zero-order chi connectivity index (χ0) is 23.6. The van der Waals surface area contributed by atoms with Crippen LogP contribution in [-0.4, -0.2) is 43.5 Å². The molecule has 6 nitrogen and oxygen atoms in total. The van der Waals surface area contributed by atoms with Crippen molar-refractivity contribution >= 4 is 13.3 Å². The SMILES string of the molecule is CCOP(=O)(OCC)C1=C(C(F)(F)C(F)(F)F)Oc2cc(N(CC)CC)ccc2C1O. The number of hydrogen-bond donors (Lipinski definition) is 1. The zero-order valence-electron chi connectivity index (χ0n) is 17.5. The van der Waals surface area contributed by atoms with Crippen molar-refractivity contribution in [3.63, 3.8) is 0 Å². The minimum absolute atomic E-state index is 0.132. The van der Waals surface area contributed by atoms with E-state index < -0.39 is 42.6 Å². The van der Waals surface area contributed by atoms with Crippen molar-refractivity contribution in [2.75, 3.05) is 31.2 Å². The maximum absolute atomic E-state index is 14.5. The first-order valence-corrected chi connectivity index (χ1v) is 11.3. The summed E-state index contributed by atoms with van der Waals surface area (Å²) in [5.41, 5.74) is 0.360. The second-order valence-corrected chi connectivity index (χ2v) is 8.51. The molecule has 0 amide bonds. The third kappa shape index (κ3) is 4.74. The Kier molecular flexibility index (Phi) is 7.79. The van der Waals surface area contributed by atoms with Crippen molar-refractivity contribution in [2.45, 2.75) is 45.9 Å². The highest BCUT2D eigenvalue weighted by Crippen LogP contribution is 2.65. The Bertz CT molecular complexity index is 860. The number of allylic oxidation sites excluding steroid dienone is 1. The van der Waals surface area contributed by atoms with Gasteiger partial charge in [-0.3, -0.25) is 4.57 Å². The Morgan fingerprint density at radius 2 is 1.61 bits per heavy atom. The van der Waals surface area contributed by atoms with Gasteiger partial charge in [-0.2, -0.15) is 22.0 Å². The molecular formula is C19H25F5NO5P. The lowest BCUT2D eigenvalue weighted by Gasteiger charge is -2.34. The number of anilines is 1. The summed E-state index contributed by atoms with van der Waals surface area (Å²) >= 11 is 0. The van der Waals surface area contributed by atoms with Crippen LogP contribution in [0.5, 0.6) is 5.75 Å². The van der Waals surface area contributed by atoms with Gasteiger partial charge in [-0.05, 0) is 33.8 Å². The largest absolute Gasteiger partial charge is 0.461 e. The summed E-state index contributed by atoms with van der Waals surface area (Å²) in [4.78, 5) is 1.81. The molecule has 1 heterocycles. The van der Waals surface area contributed by atoms with E-state index in [1.165, 1.54) is 26.0 Å². The molecule has 0 radical (unpaired) electrons. The summed E-state index contributed by atoms with van der Waals surface area (Å²) in [6.07, 6.45) is -8.20. The summed E-state index contributed by atoms with van der Waals surface area (Å²) < 4.78 is 96.8. The Balaban J connectivity index is 2.77. The fourth-order valence-corrected chi connectivity index (χ4v) is 5.11. The Morgan fingerprint density at radius 1 is 1.06 bits per heavy atom. The van der Waals surface area contributed by atoms with Crippen LogP contribution in [0.2, 0.25) is 0 Å². The molecule has 0 saturated carbocycles. The molecule has 1 N–H and O–H groups in total. The van der Waals surface area contributed by atoms with Crippen LogP contribution in [-0.2, 0) is 13.6 Å². The third-order valence-corrected chi connectivity index (χ3v) is 6.89. The number of hydrogen-bond acceptors (Lipinski definition) is 6. The van der Waals surface area contributed by atoms with Crippen LogP contribution in [0, 0.1) is 0 Å².